The Kier molecular flexibility index (Phi) is 10.3. The molecule has 4 heteroatoms. The van der Waals surface area contributed by atoms with Gasteiger partial charge >= 0.3 is 0 Å². The highest BCUT2D eigenvalue weighted by Crippen LogP contribution is 2.58. The molecule has 9 aromatic carbocycles. The molecule has 0 amide bonds. The van der Waals surface area contributed by atoms with Gasteiger partial charge in [0.1, 0.15) is 0 Å². The summed E-state index contributed by atoms with van der Waals surface area (Å²) in [6.45, 7) is 0. The SMILES string of the molecule is c1ccc(C2=C(c3ccccc3)C(c3ccccc3)C(c3ccccc3)c3c2c2cc(-c4cccc(-c5nc(-c6ccccc6)nc(-c6ccccc6)n5)c4)ccc2n3-c2ccccc2)cc1. The van der Waals surface area contributed by atoms with E-state index in [9.17, 15) is 0 Å². The smallest absolute Gasteiger partial charge is 0.164 e. The zero-order valence-electron chi connectivity index (χ0n) is 36.7. The number of rotatable bonds is 9. The fourth-order valence-electron chi connectivity index (χ4n) is 10.2. The summed E-state index contributed by atoms with van der Waals surface area (Å²) in [5.41, 5.74) is 17.3. The van der Waals surface area contributed by atoms with Crippen LogP contribution >= 0.6 is 0 Å². The molecule has 12 rings (SSSR count). The molecule has 2 aromatic heterocycles. The number of nitrogens with zero attached hydrogens (tertiary/aromatic N) is 4. The molecule has 0 aliphatic heterocycles. The van der Waals surface area contributed by atoms with E-state index in [4.69, 9.17) is 15.0 Å². The molecule has 0 N–H and O–H groups in total. The van der Waals surface area contributed by atoms with Crippen molar-refractivity contribution < 1.29 is 0 Å². The van der Waals surface area contributed by atoms with E-state index in [1.807, 2.05) is 60.7 Å². The summed E-state index contributed by atoms with van der Waals surface area (Å²) in [6.07, 6.45) is 0. The summed E-state index contributed by atoms with van der Waals surface area (Å²) in [7, 11) is 0. The maximum absolute atomic E-state index is 5.10. The van der Waals surface area contributed by atoms with E-state index in [2.05, 4.69) is 199 Å². The second-order valence-electron chi connectivity index (χ2n) is 17.1. The van der Waals surface area contributed by atoms with E-state index in [1.54, 1.807) is 0 Å². The van der Waals surface area contributed by atoms with Crippen LogP contribution in [0.15, 0.2) is 255 Å². The van der Waals surface area contributed by atoms with Gasteiger partial charge in [-0.2, -0.15) is 0 Å². The highest BCUT2D eigenvalue weighted by molar-refractivity contribution is 6.12. The van der Waals surface area contributed by atoms with Crippen LogP contribution in [0.25, 0.3) is 73.0 Å². The Bertz CT molecular complexity index is 3480. The minimum Gasteiger partial charge on any atom is -0.312 e. The minimum atomic E-state index is -0.0397. The molecular weight excluding hydrogens is 813 g/mol. The van der Waals surface area contributed by atoms with Gasteiger partial charge in [-0.3, -0.25) is 0 Å². The third-order valence-electron chi connectivity index (χ3n) is 13.1. The topological polar surface area (TPSA) is 43.6 Å². The normalized spacial score (nSPS) is 14.5. The predicted octanol–water partition coefficient (Wildman–Crippen LogP) is 15.4. The average Bonchev–Trinajstić information content (AvgIpc) is 3.76. The summed E-state index contributed by atoms with van der Waals surface area (Å²) in [5.74, 6) is 1.85. The summed E-state index contributed by atoms with van der Waals surface area (Å²) >= 11 is 0. The molecule has 4 nitrogen and oxygen atoms in total. The van der Waals surface area contributed by atoms with Crippen molar-refractivity contribution in [3.05, 3.63) is 288 Å². The first kappa shape index (κ1) is 39.8. The highest BCUT2D eigenvalue weighted by atomic mass is 15.0. The van der Waals surface area contributed by atoms with Gasteiger partial charge in [-0.05, 0) is 74.9 Å². The standard InChI is InChI=1S/C63H44N4/c1-8-23-43(24-9-1)55-56(44-25-10-2-11-26-44)58(46-29-14-4-15-30-46)60-59(57(55)45-27-12-3-13-28-45)53-42-50(39-40-54(53)67(60)52-37-20-7-21-38-52)49-35-22-36-51(41-49)63-65-61(47-31-16-5-17-32-47)64-62(66-63)48-33-18-6-19-34-48/h1-42,56,58H. The Morgan fingerprint density at radius 1 is 0.313 bits per heavy atom. The van der Waals surface area contributed by atoms with E-state index in [-0.39, 0.29) is 11.8 Å². The first-order chi connectivity index (χ1) is 33.3. The number of allylic oxidation sites excluding steroid dienone is 1. The van der Waals surface area contributed by atoms with Gasteiger partial charge in [0.25, 0.3) is 0 Å². The summed E-state index contributed by atoms with van der Waals surface area (Å²) in [5, 5.41) is 1.19. The van der Waals surface area contributed by atoms with Gasteiger partial charge in [0.15, 0.2) is 17.5 Å². The molecule has 1 aliphatic rings. The summed E-state index contributed by atoms with van der Waals surface area (Å²) in [6, 6.07) is 91.3. The van der Waals surface area contributed by atoms with Gasteiger partial charge in [-0.1, -0.05) is 224 Å². The van der Waals surface area contributed by atoms with Crippen molar-refractivity contribution in [2.75, 3.05) is 0 Å². The van der Waals surface area contributed by atoms with Crippen LogP contribution in [-0.2, 0) is 0 Å². The molecule has 1 aliphatic carbocycles. The lowest BCUT2D eigenvalue weighted by Gasteiger charge is -2.38. The molecule has 2 atom stereocenters. The van der Waals surface area contributed by atoms with Crippen LogP contribution in [0.3, 0.4) is 0 Å². The van der Waals surface area contributed by atoms with Crippen molar-refractivity contribution >= 4 is 22.0 Å². The van der Waals surface area contributed by atoms with Gasteiger partial charge in [0.05, 0.1) is 5.52 Å². The van der Waals surface area contributed by atoms with Crippen LogP contribution in [0.4, 0.5) is 0 Å². The molecule has 0 radical (unpaired) electrons. The predicted molar refractivity (Wildman–Crippen MR) is 275 cm³/mol. The molecule has 2 heterocycles. The van der Waals surface area contributed by atoms with E-state index >= 15 is 0 Å². The second kappa shape index (κ2) is 17.3. The van der Waals surface area contributed by atoms with Crippen molar-refractivity contribution in [2.45, 2.75) is 11.8 Å². The van der Waals surface area contributed by atoms with Gasteiger partial charge in [-0.25, -0.2) is 15.0 Å². The van der Waals surface area contributed by atoms with Crippen molar-refractivity contribution in [1.82, 2.24) is 19.5 Å². The Morgan fingerprint density at radius 3 is 1.28 bits per heavy atom. The average molecular weight is 857 g/mol. The second-order valence-corrected chi connectivity index (χ2v) is 17.1. The third kappa shape index (κ3) is 7.35. The van der Waals surface area contributed by atoms with Crippen molar-refractivity contribution in [2.24, 2.45) is 0 Å². The molecule has 11 aromatic rings. The molecule has 2 unspecified atom stereocenters. The number of benzene rings is 9. The fraction of sp³-hybridized carbons (Fsp3) is 0.0317. The van der Waals surface area contributed by atoms with E-state index in [1.165, 1.54) is 50.0 Å². The maximum atomic E-state index is 5.10. The number of hydrogen-bond acceptors (Lipinski definition) is 3. The Labute approximate surface area is 390 Å². The van der Waals surface area contributed by atoms with E-state index in [0.29, 0.717) is 17.5 Å². The van der Waals surface area contributed by atoms with E-state index < -0.39 is 0 Å². The van der Waals surface area contributed by atoms with Crippen LogP contribution < -0.4 is 0 Å². The quantitative estimate of drug-likeness (QED) is 0.145. The van der Waals surface area contributed by atoms with Crippen LogP contribution in [-0.4, -0.2) is 19.5 Å². The van der Waals surface area contributed by atoms with Gasteiger partial charge in [0.2, 0.25) is 0 Å². The number of para-hydroxylation sites is 1. The lowest BCUT2D eigenvalue weighted by molar-refractivity contribution is 0.685. The minimum absolute atomic E-state index is 0.0152. The maximum Gasteiger partial charge on any atom is 0.164 e. The van der Waals surface area contributed by atoms with Crippen molar-refractivity contribution in [3.8, 4) is 51.0 Å². The van der Waals surface area contributed by atoms with Crippen molar-refractivity contribution in [1.29, 1.82) is 0 Å². The highest BCUT2D eigenvalue weighted by Gasteiger charge is 2.42. The lowest BCUT2D eigenvalue weighted by atomic mass is 9.65. The Balaban J connectivity index is 1.14. The monoisotopic (exact) mass is 856 g/mol. The van der Waals surface area contributed by atoms with E-state index in [0.717, 1.165) is 39.0 Å². The lowest BCUT2D eigenvalue weighted by Crippen LogP contribution is -2.24. The van der Waals surface area contributed by atoms with Crippen LogP contribution in [0.1, 0.15) is 45.3 Å². The van der Waals surface area contributed by atoms with Gasteiger partial charge < -0.3 is 4.57 Å². The molecular formula is C63H44N4. The summed E-state index contributed by atoms with van der Waals surface area (Å²) in [4.78, 5) is 15.2. The number of aromatic nitrogens is 4. The van der Waals surface area contributed by atoms with Gasteiger partial charge in [0, 0.05) is 50.9 Å². The van der Waals surface area contributed by atoms with Crippen molar-refractivity contribution in [3.63, 3.8) is 0 Å². The molecule has 316 valence electrons. The molecule has 0 fully saturated rings. The number of fused-ring (bicyclic) bond motifs is 3. The molecule has 0 bridgehead atoms. The first-order valence-electron chi connectivity index (χ1n) is 22.9. The van der Waals surface area contributed by atoms with Crippen LogP contribution in [0, 0.1) is 0 Å². The van der Waals surface area contributed by atoms with Crippen LogP contribution in [0.5, 0.6) is 0 Å². The molecule has 0 spiro atoms. The summed E-state index contributed by atoms with van der Waals surface area (Å²) < 4.78 is 2.55. The van der Waals surface area contributed by atoms with Gasteiger partial charge in [-0.15, -0.1) is 0 Å². The largest absolute Gasteiger partial charge is 0.312 e. The zero-order valence-corrected chi connectivity index (χ0v) is 36.7. The Hall–Kier alpha value is -8.73. The third-order valence-corrected chi connectivity index (χ3v) is 13.1. The number of hydrogen-bond donors (Lipinski definition) is 0. The first-order valence-corrected chi connectivity index (χ1v) is 22.9. The Morgan fingerprint density at radius 2 is 0.731 bits per heavy atom. The zero-order chi connectivity index (χ0) is 44.5. The molecule has 0 saturated carbocycles. The van der Waals surface area contributed by atoms with Crippen LogP contribution in [0.2, 0.25) is 0 Å². The molecule has 67 heavy (non-hydrogen) atoms. The fourth-order valence-corrected chi connectivity index (χ4v) is 10.2. The molecule has 0 saturated heterocycles.